The van der Waals surface area contributed by atoms with Gasteiger partial charge in [-0.05, 0) is 24.6 Å². The second-order valence-electron chi connectivity index (χ2n) is 5.81. The van der Waals surface area contributed by atoms with Crippen LogP contribution in [-0.2, 0) is 17.9 Å². The molecule has 1 aromatic carbocycles. The molecular formula is C16H13Cl3F2N6O. The van der Waals surface area contributed by atoms with E-state index < -0.39 is 18.0 Å². The first-order valence-electron chi connectivity index (χ1n) is 7.88. The van der Waals surface area contributed by atoms with Crippen molar-refractivity contribution in [3.05, 3.63) is 56.5 Å². The van der Waals surface area contributed by atoms with E-state index in [1.165, 1.54) is 17.9 Å². The van der Waals surface area contributed by atoms with Gasteiger partial charge in [0.25, 0.3) is 6.43 Å². The van der Waals surface area contributed by atoms with Crippen LogP contribution in [0.3, 0.4) is 0 Å². The van der Waals surface area contributed by atoms with Crippen LogP contribution in [0.25, 0.3) is 0 Å². The van der Waals surface area contributed by atoms with Gasteiger partial charge in [-0.3, -0.25) is 14.8 Å². The van der Waals surface area contributed by atoms with Crippen molar-refractivity contribution in [2.24, 2.45) is 0 Å². The highest BCUT2D eigenvalue weighted by atomic mass is 35.5. The third kappa shape index (κ3) is 4.60. The Labute approximate surface area is 173 Å². The minimum Gasteiger partial charge on any atom is -0.292 e. The lowest BCUT2D eigenvalue weighted by atomic mass is 10.2. The summed E-state index contributed by atoms with van der Waals surface area (Å²) in [5.41, 5.74) is 0.555. The fourth-order valence-electron chi connectivity index (χ4n) is 2.39. The topological polar surface area (TPSA) is 77.6 Å². The molecule has 0 aliphatic carbocycles. The Kier molecular flexibility index (Phi) is 6.17. The molecule has 0 aliphatic rings. The Morgan fingerprint density at radius 1 is 1.21 bits per heavy atom. The highest BCUT2D eigenvalue weighted by Gasteiger charge is 2.21. The number of benzene rings is 1. The highest BCUT2D eigenvalue weighted by Crippen LogP contribution is 2.28. The largest absolute Gasteiger partial charge is 0.292 e. The number of nitrogens with one attached hydrogen (secondary N) is 1. The number of hydrogen-bond acceptors (Lipinski definition) is 4. The molecule has 2 heterocycles. The van der Waals surface area contributed by atoms with Gasteiger partial charge >= 0.3 is 0 Å². The zero-order chi connectivity index (χ0) is 20.4. The normalized spacial score (nSPS) is 11.2. The minimum absolute atomic E-state index is 0.0649. The lowest BCUT2D eigenvalue weighted by Gasteiger charge is -2.04. The number of anilines is 1. The van der Waals surface area contributed by atoms with Crippen LogP contribution in [0.5, 0.6) is 0 Å². The van der Waals surface area contributed by atoms with Gasteiger partial charge in [-0.2, -0.15) is 5.10 Å². The molecule has 0 fully saturated rings. The highest BCUT2D eigenvalue weighted by molar-refractivity contribution is 6.42. The first kappa shape index (κ1) is 20.5. The van der Waals surface area contributed by atoms with Crippen molar-refractivity contribution in [3.63, 3.8) is 0 Å². The molecule has 0 bridgehead atoms. The van der Waals surface area contributed by atoms with Gasteiger partial charge in [0.1, 0.15) is 18.6 Å². The van der Waals surface area contributed by atoms with Crippen LogP contribution in [0.4, 0.5) is 14.7 Å². The molecule has 0 aliphatic heterocycles. The van der Waals surface area contributed by atoms with Crippen molar-refractivity contribution < 1.29 is 13.6 Å². The van der Waals surface area contributed by atoms with Crippen LogP contribution in [0.15, 0.2) is 24.5 Å². The third-order valence-electron chi connectivity index (χ3n) is 3.77. The summed E-state index contributed by atoms with van der Waals surface area (Å²) in [6.07, 6.45) is -1.39. The summed E-state index contributed by atoms with van der Waals surface area (Å²) in [5.74, 6) is -0.467. The average Bonchev–Trinajstić information content (AvgIpc) is 3.17. The summed E-state index contributed by atoms with van der Waals surface area (Å²) in [6.45, 7) is 1.56. The smallest absolute Gasteiger partial charge is 0.283 e. The Hall–Kier alpha value is -2.23. The SMILES string of the molecule is Cc1c(Cl)c(C(F)F)nn1CC(=O)Nc1ncn(Cc2ccc(Cl)c(Cl)c2)n1. The lowest BCUT2D eigenvalue weighted by Crippen LogP contribution is -2.21. The number of halogens is 5. The molecule has 0 spiro atoms. The molecule has 2 aromatic heterocycles. The van der Waals surface area contributed by atoms with E-state index >= 15 is 0 Å². The maximum atomic E-state index is 12.8. The molecule has 3 aromatic rings. The number of amides is 1. The zero-order valence-electron chi connectivity index (χ0n) is 14.3. The first-order chi connectivity index (χ1) is 13.2. The molecule has 1 N–H and O–H groups in total. The van der Waals surface area contributed by atoms with Crippen molar-refractivity contribution in [2.75, 3.05) is 5.32 Å². The molecule has 0 radical (unpaired) electrons. The Morgan fingerprint density at radius 3 is 2.61 bits per heavy atom. The van der Waals surface area contributed by atoms with Crippen LogP contribution in [0.1, 0.15) is 23.4 Å². The average molecular weight is 450 g/mol. The molecule has 0 atom stereocenters. The standard InChI is InChI=1S/C16H13Cl3F2N6O/c1-8-13(19)14(15(20)21)24-27(8)6-12(28)23-16-22-7-26(25-16)5-9-2-3-10(17)11(18)4-9/h2-4,7,15H,5-6H2,1H3,(H,23,25,28). The fraction of sp³-hybridized carbons (Fsp3) is 0.250. The van der Waals surface area contributed by atoms with Gasteiger partial charge in [0.05, 0.1) is 27.3 Å². The number of carbonyl (C=O) groups is 1. The van der Waals surface area contributed by atoms with E-state index in [1.807, 2.05) is 0 Å². The molecule has 1 amide bonds. The van der Waals surface area contributed by atoms with E-state index in [1.54, 1.807) is 18.2 Å². The van der Waals surface area contributed by atoms with E-state index in [0.717, 1.165) is 10.2 Å². The van der Waals surface area contributed by atoms with E-state index in [2.05, 4.69) is 20.5 Å². The molecule has 148 valence electrons. The van der Waals surface area contributed by atoms with Gasteiger partial charge in [0.2, 0.25) is 11.9 Å². The van der Waals surface area contributed by atoms with Crippen LogP contribution in [0.2, 0.25) is 15.1 Å². The fourth-order valence-corrected chi connectivity index (χ4v) is 2.93. The Morgan fingerprint density at radius 2 is 1.96 bits per heavy atom. The minimum atomic E-state index is -2.82. The van der Waals surface area contributed by atoms with Crippen molar-refractivity contribution in [2.45, 2.75) is 26.4 Å². The van der Waals surface area contributed by atoms with Gasteiger partial charge in [-0.25, -0.2) is 18.4 Å². The van der Waals surface area contributed by atoms with Crippen LogP contribution in [-0.4, -0.2) is 30.5 Å². The van der Waals surface area contributed by atoms with E-state index in [9.17, 15) is 13.6 Å². The van der Waals surface area contributed by atoms with Crippen LogP contribution in [0, 0.1) is 6.92 Å². The number of hydrogen-bond donors (Lipinski definition) is 1. The van der Waals surface area contributed by atoms with E-state index in [-0.39, 0.29) is 23.2 Å². The molecule has 12 heteroatoms. The third-order valence-corrected chi connectivity index (χ3v) is 4.98. The number of rotatable bonds is 6. The van der Waals surface area contributed by atoms with E-state index in [4.69, 9.17) is 34.8 Å². The second-order valence-corrected chi connectivity index (χ2v) is 7.00. The van der Waals surface area contributed by atoms with E-state index in [0.29, 0.717) is 16.6 Å². The number of carbonyl (C=O) groups excluding carboxylic acids is 1. The first-order valence-corrected chi connectivity index (χ1v) is 9.02. The zero-order valence-corrected chi connectivity index (χ0v) is 16.6. The maximum absolute atomic E-state index is 12.8. The second kappa shape index (κ2) is 8.42. The van der Waals surface area contributed by atoms with Crippen LogP contribution >= 0.6 is 34.8 Å². The lowest BCUT2D eigenvalue weighted by molar-refractivity contribution is -0.117. The summed E-state index contributed by atoms with van der Waals surface area (Å²) < 4.78 is 28.3. The summed E-state index contributed by atoms with van der Waals surface area (Å²) >= 11 is 17.7. The number of alkyl halides is 2. The van der Waals surface area contributed by atoms with Crippen molar-refractivity contribution in [3.8, 4) is 0 Å². The molecule has 0 saturated heterocycles. The molecule has 28 heavy (non-hydrogen) atoms. The van der Waals surface area contributed by atoms with Gasteiger partial charge in [-0.15, -0.1) is 5.10 Å². The Balaban J connectivity index is 1.64. The summed E-state index contributed by atoms with van der Waals surface area (Å²) in [4.78, 5) is 16.1. The molecule has 7 nitrogen and oxygen atoms in total. The quantitative estimate of drug-likeness (QED) is 0.606. The van der Waals surface area contributed by atoms with Gasteiger partial charge in [0, 0.05) is 0 Å². The van der Waals surface area contributed by atoms with Crippen molar-refractivity contribution in [1.82, 2.24) is 24.5 Å². The monoisotopic (exact) mass is 448 g/mol. The predicted octanol–water partition coefficient (Wildman–Crippen LogP) is 4.37. The van der Waals surface area contributed by atoms with Crippen molar-refractivity contribution in [1.29, 1.82) is 0 Å². The molecule has 0 unspecified atom stereocenters. The predicted molar refractivity (Wildman–Crippen MR) is 101 cm³/mol. The Bertz CT molecular complexity index is 1020. The van der Waals surface area contributed by atoms with Gasteiger partial charge in [0.15, 0.2) is 0 Å². The number of nitrogens with zero attached hydrogens (tertiary/aromatic N) is 5. The summed E-state index contributed by atoms with van der Waals surface area (Å²) in [7, 11) is 0. The summed E-state index contributed by atoms with van der Waals surface area (Å²) in [6, 6.07) is 5.16. The molecular weight excluding hydrogens is 437 g/mol. The number of aromatic nitrogens is 5. The maximum Gasteiger partial charge on any atom is 0.283 e. The summed E-state index contributed by atoms with van der Waals surface area (Å²) in [5, 5.41) is 11.0. The van der Waals surface area contributed by atoms with Crippen molar-refractivity contribution >= 4 is 46.7 Å². The van der Waals surface area contributed by atoms with Gasteiger partial charge < -0.3 is 0 Å². The van der Waals surface area contributed by atoms with Crippen LogP contribution < -0.4 is 5.32 Å². The van der Waals surface area contributed by atoms with Gasteiger partial charge in [-0.1, -0.05) is 40.9 Å². The molecule has 0 saturated carbocycles. The molecule has 3 rings (SSSR count).